The highest BCUT2D eigenvalue weighted by Crippen LogP contribution is 2.22. The molecule has 0 bridgehead atoms. The van der Waals surface area contributed by atoms with Crippen LogP contribution in [0.1, 0.15) is 24.0 Å². The minimum absolute atomic E-state index is 0.0868. The van der Waals surface area contributed by atoms with Crippen molar-refractivity contribution in [1.29, 1.82) is 0 Å². The van der Waals surface area contributed by atoms with E-state index in [0.29, 0.717) is 6.04 Å². The largest absolute Gasteiger partial charge is 0.388 e. The van der Waals surface area contributed by atoms with Crippen molar-refractivity contribution in [1.82, 2.24) is 10.0 Å². The van der Waals surface area contributed by atoms with Gasteiger partial charge in [-0.25, -0.2) is 13.1 Å². The van der Waals surface area contributed by atoms with Gasteiger partial charge in [0.25, 0.3) is 0 Å². The fraction of sp³-hybridized carbons (Fsp3) is 0.571. The van der Waals surface area contributed by atoms with Crippen molar-refractivity contribution in [2.24, 2.45) is 0 Å². The topological polar surface area (TPSA) is 70.2 Å². The van der Waals surface area contributed by atoms with Crippen molar-refractivity contribution < 1.29 is 8.42 Å². The Labute approximate surface area is 121 Å². The van der Waals surface area contributed by atoms with Gasteiger partial charge in [-0.3, -0.25) is 0 Å². The molecule has 2 rings (SSSR count). The van der Waals surface area contributed by atoms with Crippen molar-refractivity contribution in [2.45, 2.75) is 38.4 Å². The van der Waals surface area contributed by atoms with Crippen LogP contribution in [-0.2, 0) is 16.6 Å². The lowest BCUT2D eigenvalue weighted by atomic mass is 9.87. The lowest BCUT2D eigenvalue weighted by Crippen LogP contribution is -2.51. The molecule has 112 valence electrons. The third kappa shape index (κ3) is 4.19. The van der Waals surface area contributed by atoms with Gasteiger partial charge in [0.05, 0.1) is 6.26 Å². The van der Waals surface area contributed by atoms with Crippen molar-refractivity contribution in [3.63, 3.8) is 0 Å². The predicted molar refractivity (Wildman–Crippen MR) is 82.4 cm³/mol. The molecule has 0 heterocycles. The SMILES string of the molecule is CNc1ccc(C)cc1CNC1CC(NS(C)(=O)=O)C1. The summed E-state index contributed by atoms with van der Waals surface area (Å²) < 4.78 is 24.8. The van der Waals surface area contributed by atoms with E-state index in [-0.39, 0.29) is 6.04 Å². The summed E-state index contributed by atoms with van der Waals surface area (Å²) >= 11 is 0. The highest BCUT2D eigenvalue weighted by molar-refractivity contribution is 7.88. The van der Waals surface area contributed by atoms with Crippen LogP contribution in [-0.4, -0.2) is 33.8 Å². The van der Waals surface area contributed by atoms with Gasteiger partial charge in [0.15, 0.2) is 0 Å². The number of nitrogens with one attached hydrogen (secondary N) is 3. The zero-order valence-corrected chi connectivity index (χ0v) is 13.0. The first-order valence-corrected chi connectivity index (χ1v) is 8.74. The van der Waals surface area contributed by atoms with Gasteiger partial charge in [0, 0.05) is 31.4 Å². The van der Waals surface area contributed by atoms with E-state index in [2.05, 4.69) is 40.5 Å². The van der Waals surface area contributed by atoms with Gasteiger partial charge >= 0.3 is 0 Å². The van der Waals surface area contributed by atoms with Crippen LogP contribution in [0.25, 0.3) is 0 Å². The molecule has 0 unspecified atom stereocenters. The van der Waals surface area contributed by atoms with Crippen molar-refractivity contribution in [2.75, 3.05) is 18.6 Å². The predicted octanol–water partition coefficient (Wildman–Crippen LogP) is 1.21. The maximum absolute atomic E-state index is 11.1. The lowest BCUT2D eigenvalue weighted by molar-refractivity contribution is 0.274. The zero-order valence-electron chi connectivity index (χ0n) is 12.2. The molecule has 1 fully saturated rings. The molecule has 0 spiro atoms. The summed E-state index contributed by atoms with van der Waals surface area (Å²) in [5.74, 6) is 0. The molecule has 20 heavy (non-hydrogen) atoms. The Morgan fingerprint density at radius 3 is 2.55 bits per heavy atom. The third-order valence-electron chi connectivity index (χ3n) is 3.63. The maximum atomic E-state index is 11.1. The molecule has 0 saturated heterocycles. The average Bonchev–Trinajstić information content (AvgIpc) is 2.30. The molecule has 3 N–H and O–H groups in total. The Morgan fingerprint density at radius 2 is 1.95 bits per heavy atom. The first kappa shape index (κ1) is 15.3. The van der Waals surface area contributed by atoms with E-state index in [1.54, 1.807) is 0 Å². The fourth-order valence-corrected chi connectivity index (χ4v) is 3.35. The summed E-state index contributed by atoms with van der Waals surface area (Å²) in [4.78, 5) is 0. The highest BCUT2D eigenvalue weighted by Gasteiger charge is 2.30. The molecule has 1 aromatic carbocycles. The van der Waals surface area contributed by atoms with E-state index in [1.165, 1.54) is 17.4 Å². The Hall–Kier alpha value is -1.11. The average molecular weight is 297 g/mol. The van der Waals surface area contributed by atoms with Crippen LogP contribution in [0, 0.1) is 6.92 Å². The number of hydrogen-bond acceptors (Lipinski definition) is 4. The van der Waals surface area contributed by atoms with Crippen LogP contribution in [0.15, 0.2) is 18.2 Å². The number of hydrogen-bond donors (Lipinski definition) is 3. The van der Waals surface area contributed by atoms with Gasteiger partial charge in [-0.2, -0.15) is 0 Å². The summed E-state index contributed by atoms with van der Waals surface area (Å²) in [5, 5.41) is 6.67. The van der Waals surface area contributed by atoms with Crippen LogP contribution >= 0.6 is 0 Å². The van der Waals surface area contributed by atoms with Gasteiger partial charge in [0.2, 0.25) is 10.0 Å². The van der Waals surface area contributed by atoms with E-state index >= 15 is 0 Å². The summed E-state index contributed by atoms with van der Waals surface area (Å²) in [6.07, 6.45) is 2.92. The fourth-order valence-electron chi connectivity index (χ4n) is 2.55. The van der Waals surface area contributed by atoms with Crippen LogP contribution in [0.4, 0.5) is 5.69 Å². The molecule has 0 aliphatic heterocycles. The second kappa shape index (κ2) is 6.11. The number of rotatable bonds is 6. The molecule has 1 aromatic rings. The number of sulfonamides is 1. The monoisotopic (exact) mass is 297 g/mol. The van der Waals surface area contributed by atoms with E-state index in [1.807, 2.05) is 7.05 Å². The first-order valence-electron chi connectivity index (χ1n) is 6.85. The van der Waals surface area contributed by atoms with Crippen LogP contribution in [0.5, 0.6) is 0 Å². The van der Waals surface area contributed by atoms with Gasteiger partial charge in [-0.1, -0.05) is 17.7 Å². The zero-order chi connectivity index (χ0) is 14.8. The Balaban J connectivity index is 1.82. The van der Waals surface area contributed by atoms with Crippen molar-refractivity contribution >= 4 is 15.7 Å². The summed E-state index contributed by atoms with van der Waals surface area (Å²) in [7, 11) is -1.16. The number of aryl methyl sites for hydroxylation is 1. The van der Waals surface area contributed by atoms with Crippen LogP contribution < -0.4 is 15.4 Å². The van der Waals surface area contributed by atoms with E-state index in [9.17, 15) is 8.42 Å². The second-order valence-electron chi connectivity index (χ2n) is 5.55. The molecule has 0 atom stereocenters. The molecular weight excluding hydrogens is 274 g/mol. The minimum atomic E-state index is -3.08. The smallest absolute Gasteiger partial charge is 0.208 e. The standard InChI is InChI=1S/C14H23N3O2S/c1-10-4-5-14(15-2)11(6-10)9-16-12-7-13(8-12)17-20(3,18)19/h4-6,12-13,15-17H,7-9H2,1-3H3. The van der Waals surface area contributed by atoms with E-state index in [0.717, 1.165) is 25.1 Å². The Morgan fingerprint density at radius 1 is 1.25 bits per heavy atom. The first-order chi connectivity index (χ1) is 9.37. The number of anilines is 1. The van der Waals surface area contributed by atoms with Gasteiger partial charge in [-0.05, 0) is 31.4 Å². The molecule has 5 nitrogen and oxygen atoms in total. The summed E-state index contributed by atoms with van der Waals surface area (Å²) in [6, 6.07) is 6.82. The molecule has 0 amide bonds. The molecular formula is C14H23N3O2S. The van der Waals surface area contributed by atoms with E-state index in [4.69, 9.17) is 0 Å². The molecule has 1 aliphatic rings. The molecule has 0 aromatic heterocycles. The Bertz CT molecular complexity index is 566. The lowest BCUT2D eigenvalue weighted by Gasteiger charge is -2.36. The molecule has 0 radical (unpaired) electrons. The molecule has 6 heteroatoms. The van der Waals surface area contributed by atoms with Gasteiger partial charge < -0.3 is 10.6 Å². The third-order valence-corrected chi connectivity index (χ3v) is 4.39. The van der Waals surface area contributed by atoms with Gasteiger partial charge in [0.1, 0.15) is 0 Å². The van der Waals surface area contributed by atoms with Crippen molar-refractivity contribution in [3.05, 3.63) is 29.3 Å². The maximum Gasteiger partial charge on any atom is 0.208 e. The summed E-state index contributed by atoms with van der Waals surface area (Å²) in [6.45, 7) is 2.88. The highest BCUT2D eigenvalue weighted by atomic mass is 32.2. The minimum Gasteiger partial charge on any atom is -0.388 e. The Kier molecular flexibility index (Phi) is 4.67. The van der Waals surface area contributed by atoms with Gasteiger partial charge in [-0.15, -0.1) is 0 Å². The van der Waals surface area contributed by atoms with Crippen molar-refractivity contribution in [3.8, 4) is 0 Å². The van der Waals surface area contributed by atoms with Crippen LogP contribution in [0.3, 0.4) is 0 Å². The quantitative estimate of drug-likeness (QED) is 0.738. The van der Waals surface area contributed by atoms with E-state index < -0.39 is 10.0 Å². The summed E-state index contributed by atoms with van der Waals surface area (Å²) in [5.41, 5.74) is 3.62. The normalized spacial score (nSPS) is 22.4. The van der Waals surface area contributed by atoms with Crippen LogP contribution in [0.2, 0.25) is 0 Å². The molecule has 1 aliphatic carbocycles. The number of benzene rings is 1. The molecule has 1 saturated carbocycles. The second-order valence-corrected chi connectivity index (χ2v) is 7.33.